The van der Waals surface area contributed by atoms with Crippen LogP contribution in [-0.2, 0) is 9.59 Å². The van der Waals surface area contributed by atoms with Gasteiger partial charge < -0.3 is 10.1 Å². The van der Waals surface area contributed by atoms with Crippen molar-refractivity contribution in [3.05, 3.63) is 64.8 Å². The Morgan fingerprint density at radius 2 is 2.07 bits per heavy atom. The van der Waals surface area contributed by atoms with E-state index in [0.29, 0.717) is 20.7 Å². The number of hydrogen-bond acceptors (Lipinski definition) is 5. The number of hydrogen-bond donors (Lipinski definition) is 1. The highest BCUT2D eigenvalue weighted by atomic mass is 32.2. The minimum atomic E-state index is -0.434. The van der Waals surface area contributed by atoms with Crippen LogP contribution in [0.4, 0.5) is 10.1 Å². The van der Waals surface area contributed by atoms with E-state index < -0.39 is 5.82 Å². The third-order valence-corrected chi connectivity index (χ3v) is 5.35. The molecule has 0 aromatic heterocycles. The van der Waals surface area contributed by atoms with E-state index in [0.717, 1.165) is 5.56 Å². The van der Waals surface area contributed by atoms with E-state index in [2.05, 4.69) is 5.32 Å². The molecule has 1 saturated heterocycles. The predicted octanol–water partition coefficient (Wildman–Crippen LogP) is 4.06. The van der Waals surface area contributed by atoms with Crippen LogP contribution in [-0.4, -0.2) is 34.7 Å². The number of amides is 2. The molecule has 1 aliphatic heterocycles. The van der Waals surface area contributed by atoms with E-state index in [9.17, 15) is 14.0 Å². The van der Waals surface area contributed by atoms with Gasteiger partial charge in [-0.1, -0.05) is 48.2 Å². The highest BCUT2D eigenvalue weighted by Gasteiger charge is 2.32. The normalized spacial score (nSPS) is 15.2. The average Bonchev–Trinajstić information content (AvgIpc) is 2.93. The highest BCUT2D eigenvalue weighted by molar-refractivity contribution is 8.26. The summed E-state index contributed by atoms with van der Waals surface area (Å²) in [5, 5.41) is 2.60. The molecule has 2 aromatic carbocycles. The first kappa shape index (κ1) is 20.0. The first-order chi connectivity index (χ1) is 13.5. The molecule has 1 heterocycles. The van der Waals surface area contributed by atoms with Crippen LogP contribution in [0.5, 0.6) is 5.75 Å². The van der Waals surface area contributed by atoms with E-state index in [1.54, 1.807) is 19.3 Å². The number of carbonyl (C=O) groups is 2. The number of benzene rings is 2. The topological polar surface area (TPSA) is 58.6 Å². The minimum absolute atomic E-state index is 0.0465. The third kappa shape index (κ3) is 4.76. The van der Waals surface area contributed by atoms with Crippen molar-refractivity contribution in [1.29, 1.82) is 0 Å². The first-order valence-electron chi connectivity index (χ1n) is 8.42. The number of nitrogens with one attached hydrogen (secondary N) is 1. The number of halogens is 1. The van der Waals surface area contributed by atoms with Crippen LogP contribution in [0, 0.1) is 5.82 Å². The van der Waals surface area contributed by atoms with E-state index in [-0.39, 0.29) is 24.8 Å². The van der Waals surface area contributed by atoms with Crippen molar-refractivity contribution in [3.8, 4) is 5.75 Å². The van der Waals surface area contributed by atoms with Gasteiger partial charge in [0.25, 0.3) is 5.91 Å². The Bertz CT molecular complexity index is 962. The van der Waals surface area contributed by atoms with E-state index in [4.69, 9.17) is 17.0 Å². The molecule has 1 fully saturated rings. The second-order valence-corrected chi connectivity index (χ2v) is 7.56. The fourth-order valence-corrected chi connectivity index (χ4v) is 3.92. The number of rotatable bonds is 6. The second-order valence-electron chi connectivity index (χ2n) is 5.88. The average molecular weight is 416 g/mol. The number of thiocarbonyl (C=S) groups is 1. The molecule has 8 heteroatoms. The monoisotopic (exact) mass is 416 g/mol. The molecule has 1 aliphatic rings. The third-order valence-electron chi connectivity index (χ3n) is 3.97. The maximum Gasteiger partial charge on any atom is 0.266 e. The number of carbonyl (C=O) groups excluding carboxylic acids is 2. The van der Waals surface area contributed by atoms with Crippen molar-refractivity contribution >= 4 is 51.9 Å². The van der Waals surface area contributed by atoms with Gasteiger partial charge >= 0.3 is 0 Å². The summed E-state index contributed by atoms with van der Waals surface area (Å²) in [4.78, 5) is 26.6. The van der Waals surface area contributed by atoms with Crippen molar-refractivity contribution in [1.82, 2.24) is 4.90 Å². The lowest BCUT2D eigenvalue weighted by Crippen LogP contribution is -2.31. The van der Waals surface area contributed by atoms with Gasteiger partial charge in [0, 0.05) is 24.2 Å². The molecule has 2 aromatic rings. The molecule has 0 atom stereocenters. The van der Waals surface area contributed by atoms with Gasteiger partial charge in [-0.3, -0.25) is 14.5 Å². The number of methoxy groups -OCH3 is 1. The quantitative estimate of drug-likeness (QED) is 0.568. The molecule has 1 N–H and O–H groups in total. The maximum atomic E-state index is 13.2. The molecule has 0 bridgehead atoms. The molecule has 144 valence electrons. The van der Waals surface area contributed by atoms with Crippen LogP contribution in [0.1, 0.15) is 12.0 Å². The van der Waals surface area contributed by atoms with Crippen LogP contribution < -0.4 is 10.1 Å². The first-order valence-corrected chi connectivity index (χ1v) is 9.64. The summed E-state index contributed by atoms with van der Waals surface area (Å²) in [7, 11) is 1.56. The zero-order valence-electron chi connectivity index (χ0n) is 15.0. The molecule has 0 radical (unpaired) electrons. The Morgan fingerprint density at radius 1 is 1.29 bits per heavy atom. The molecule has 0 unspecified atom stereocenters. The molecule has 2 amide bonds. The van der Waals surface area contributed by atoms with Crippen molar-refractivity contribution in [2.75, 3.05) is 19.0 Å². The molecule has 5 nitrogen and oxygen atoms in total. The fraction of sp³-hybridized carbons (Fsp3) is 0.150. The van der Waals surface area contributed by atoms with Crippen molar-refractivity contribution in [3.63, 3.8) is 0 Å². The SMILES string of the molecule is COc1ccccc1/C=C1\SC(=S)N(CCC(=O)Nc2cccc(F)c2)C1=O. The Labute approximate surface area is 171 Å². The number of nitrogens with zero attached hydrogens (tertiary/aromatic N) is 1. The van der Waals surface area contributed by atoms with Gasteiger partial charge in [-0.2, -0.15) is 0 Å². The number of para-hydroxylation sites is 1. The Morgan fingerprint density at radius 3 is 2.82 bits per heavy atom. The summed E-state index contributed by atoms with van der Waals surface area (Å²) in [6.45, 7) is 0.148. The summed E-state index contributed by atoms with van der Waals surface area (Å²) in [6, 6.07) is 13.0. The molecule has 28 heavy (non-hydrogen) atoms. The smallest absolute Gasteiger partial charge is 0.266 e. The number of ether oxygens (including phenoxy) is 1. The summed E-state index contributed by atoms with van der Waals surface area (Å²) in [5.41, 5.74) is 1.14. The van der Waals surface area contributed by atoms with Crippen LogP contribution in [0.25, 0.3) is 6.08 Å². The minimum Gasteiger partial charge on any atom is -0.496 e. The Kier molecular flexibility index (Phi) is 6.43. The largest absolute Gasteiger partial charge is 0.496 e. The number of anilines is 1. The van der Waals surface area contributed by atoms with Gasteiger partial charge in [0.2, 0.25) is 5.91 Å². The van der Waals surface area contributed by atoms with Gasteiger partial charge in [0.15, 0.2) is 0 Å². The lowest BCUT2D eigenvalue weighted by Gasteiger charge is -2.14. The van der Waals surface area contributed by atoms with Crippen LogP contribution in [0.2, 0.25) is 0 Å². The van der Waals surface area contributed by atoms with Crippen molar-refractivity contribution in [2.45, 2.75) is 6.42 Å². The van der Waals surface area contributed by atoms with Crippen LogP contribution >= 0.6 is 24.0 Å². The van der Waals surface area contributed by atoms with E-state index in [1.807, 2.05) is 24.3 Å². The zero-order chi connectivity index (χ0) is 20.1. The number of thioether (sulfide) groups is 1. The van der Waals surface area contributed by atoms with E-state index in [1.165, 1.54) is 34.9 Å². The Hall–Kier alpha value is -2.71. The van der Waals surface area contributed by atoms with Gasteiger partial charge in [-0.25, -0.2) is 4.39 Å². The molecular weight excluding hydrogens is 399 g/mol. The molecular formula is C20H17FN2O3S2. The van der Waals surface area contributed by atoms with Gasteiger partial charge in [0.05, 0.1) is 12.0 Å². The molecule has 0 spiro atoms. The zero-order valence-corrected chi connectivity index (χ0v) is 16.6. The van der Waals surface area contributed by atoms with Gasteiger partial charge in [0.1, 0.15) is 15.9 Å². The van der Waals surface area contributed by atoms with Crippen LogP contribution in [0.15, 0.2) is 53.4 Å². The van der Waals surface area contributed by atoms with Crippen molar-refractivity contribution in [2.24, 2.45) is 0 Å². The molecule has 0 saturated carbocycles. The second kappa shape index (κ2) is 8.99. The summed E-state index contributed by atoms with van der Waals surface area (Å²) in [6.07, 6.45) is 1.77. The van der Waals surface area contributed by atoms with Gasteiger partial charge in [-0.05, 0) is 30.3 Å². The molecule has 3 rings (SSSR count). The summed E-state index contributed by atoms with van der Waals surface area (Å²) in [5.74, 6) is -0.355. The van der Waals surface area contributed by atoms with Gasteiger partial charge in [-0.15, -0.1) is 0 Å². The predicted molar refractivity (Wildman–Crippen MR) is 113 cm³/mol. The summed E-state index contributed by atoms with van der Waals surface area (Å²) < 4.78 is 18.9. The van der Waals surface area contributed by atoms with E-state index >= 15 is 0 Å². The van der Waals surface area contributed by atoms with Crippen LogP contribution in [0.3, 0.4) is 0 Å². The lowest BCUT2D eigenvalue weighted by molar-refractivity contribution is -0.122. The summed E-state index contributed by atoms with van der Waals surface area (Å²) >= 11 is 6.47. The highest BCUT2D eigenvalue weighted by Crippen LogP contribution is 2.34. The standard InChI is InChI=1S/C20H17FN2O3S2/c1-26-16-8-3-2-5-13(16)11-17-19(25)23(20(27)28-17)10-9-18(24)22-15-7-4-6-14(21)12-15/h2-8,11-12H,9-10H2,1H3,(H,22,24)/b17-11-. The lowest BCUT2D eigenvalue weighted by atomic mass is 10.2. The van der Waals surface area contributed by atoms with Crippen molar-refractivity contribution < 1.29 is 18.7 Å². The Balaban J connectivity index is 1.64. The maximum absolute atomic E-state index is 13.2. The molecule has 0 aliphatic carbocycles. The fourth-order valence-electron chi connectivity index (χ4n) is 2.62.